The number of sulfone groups is 1. The lowest BCUT2D eigenvalue weighted by Gasteiger charge is -2.28. The summed E-state index contributed by atoms with van der Waals surface area (Å²) < 4.78 is 22.9. The van der Waals surface area contributed by atoms with Gasteiger partial charge in [0.15, 0.2) is 9.84 Å². The van der Waals surface area contributed by atoms with Crippen molar-refractivity contribution in [3.8, 4) is 0 Å². The van der Waals surface area contributed by atoms with E-state index in [4.69, 9.17) is 0 Å². The van der Waals surface area contributed by atoms with Crippen LogP contribution >= 0.6 is 0 Å². The molecule has 0 spiro atoms. The van der Waals surface area contributed by atoms with Gasteiger partial charge in [0.05, 0.1) is 11.5 Å². The van der Waals surface area contributed by atoms with Crippen LogP contribution in [0.4, 0.5) is 0 Å². The standard InChI is InChI=1S/C13H26N2O4S/c1-4-14-13(2,12(16)17)7-5-8-15(3)11-6-9-20(18,19)10-11/h11,14H,4-10H2,1-3H3,(H,16,17). The zero-order valence-corrected chi connectivity index (χ0v) is 13.4. The maximum atomic E-state index is 11.4. The highest BCUT2D eigenvalue weighted by atomic mass is 32.2. The van der Waals surface area contributed by atoms with Gasteiger partial charge in [0.2, 0.25) is 0 Å². The van der Waals surface area contributed by atoms with E-state index in [1.807, 2.05) is 18.9 Å². The van der Waals surface area contributed by atoms with E-state index in [2.05, 4.69) is 5.32 Å². The van der Waals surface area contributed by atoms with Crippen molar-refractivity contribution in [2.24, 2.45) is 0 Å². The minimum absolute atomic E-state index is 0.0789. The van der Waals surface area contributed by atoms with Crippen molar-refractivity contribution in [3.63, 3.8) is 0 Å². The fourth-order valence-corrected chi connectivity index (χ4v) is 4.45. The molecule has 2 atom stereocenters. The number of carboxylic acids is 1. The van der Waals surface area contributed by atoms with Crippen molar-refractivity contribution in [3.05, 3.63) is 0 Å². The first kappa shape index (κ1) is 17.4. The summed E-state index contributed by atoms with van der Waals surface area (Å²) in [6, 6.07) is 0.0789. The second-order valence-corrected chi connectivity index (χ2v) is 8.04. The van der Waals surface area contributed by atoms with Gasteiger partial charge in [0.1, 0.15) is 5.54 Å². The van der Waals surface area contributed by atoms with Gasteiger partial charge >= 0.3 is 5.97 Å². The Balaban J connectivity index is 2.41. The maximum Gasteiger partial charge on any atom is 0.323 e. The van der Waals surface area contributed by atoms with Crippen molar-refractivity contribution in [1.29, 1.82) is 0 Å². The minimum atomic E-state index is -2.86. The summed E-state index contributed by atoms with van der Waals surface area (Å²) in [6.07, 6.45) is 1.94. The Morgan fingerprint density at radius 1 is 1.50 bits per heavy atom. The average Bonchev–Trinajstić information content (AvgIpc) is 2.69. The van der Waals surface area contributed by atoms with Crippen LogP contribution in [0.2, 0.25) is 0 Å². The largest absolute Gasteiger partial charge is 0.480 e. The van der Waals surface area contributed by atoms with Crippen LogP contribution in [0.25, 0.3) is 0 Å². The first-order valence-electron chi connectivity index (χ1n) is 7.09. The molecule has 0 amide bonds. The zero-order chi connectivity index (χ0) is 15.4. The van der Waals surface area contributed by atoms with Gasteiger partial charge in [-0.05, 0) is 46.3 Å². The van der Waals surface area contributed by atoms with E-state index in [1.165, 1.54) is 0 Å². The Morgan fingerprint density at radius 3 is 2.60 bits per heavy atom. The van der Waals surface area contributed by atoms with E-state index in [9.17, 15) is 18.3 Å². The van der Waals surface area contributed by atoms with Gasteiger partial charge in [-0.2, -0.15) is 0 Å². The maximum absolute atomic E-state index is 11.4. The van der Waals surface area contributed by atoms with E-state index < -0.39 is 21.3 Å². The van der Waals surface area contributed by atoms with Crippen LogP contribution in [-0.2, 0) is 14.6 Å². The number of likely N-dealkylation sites (N-methyl/N-ethyl adjacent to an activating group) is 1. The predicted octanol–water partition coefficient (Wildman–Crippen LogP) is 0.338. The fourth-order valence-electron chi connectivity index (χ4n) is 2.65. The van der Waals surface area contributed by atoms with Gasteiger partial charge in [-0.15, -0.1) is 0 Å². The molecule has 118 valence electrons. The van der Waals surface area contributed by atoms with Gasteiger partial charge in [0, 0.05) is 6.04 Å². The molecule has 0 aromatic heterocycles. The molecule has 1 aliphatic rings. The lowest BCUT2D eigenvalue weighted by molar-refractivity contribution is -0.144. The van der Waals surface area contributed by atoms with Crippen LogP contribution in [0.1, 0.15) is 33.1 Å². The first-order valence-corrected chi connectivity index (χ1v) is 8.91. The molecule has 1 rings (SSSR count). The van der Waals surface area contributed by atoms with Crippen molar-refractivity contribution in [2.45, 2.75) is 44.7 Å². The summed E-state index contributed by atoms with van der Waals surface area (Å²) in [7, 11) is -0.951. The molecule has 7 heteroatoms. The third-order valence-corrected chi connectivity index (χ3v) is 5.81. The molecule has 0 aromatic carbocycles. The number of carbonyl (C=O) groups is 1. The van der Waals surface area contributed by atoms with Crippen molar-refractivity contribution in [1.82, 2.24) is 10.2 Å². The molecule has 1 heterocycles. The number of carboxylic acid groups (broad SMARTS) is 1. The second-order valence-electron chi connectivity index (χ2n) is 5.81. The Morgan fingerprint density at radius 2 is 2.15 bits per heavy atom. The number of rotatable bonds is 8. The molecule has 0 saturated carbocycles. The van der Waals surface area contributed by atoms with Gasteiger partial charge < -0.3 is 15.3 Å². The van der Waals surface area contributed by atoms with Gasteiger partial charge in [-0.3, -0.25) is 4.79 Å². The Kier molecular flexibility index (Phi) is 5.97. The Bertz CT molecular complexity index is 438. The molecule has 1 saturated heterocycles. The van der Waals surface area contributed by atoms with Crippen molar-refractivity contribution < 1.29 is 18.3 Å². The smallest absolute Gasteiger partial charge is 0.323 e. The summed E-state index contributed by atoms with van der Waals surface area (Å²) in [5.41, 5.74) is -0.905. The molecular formula is C13H26N2O4S. The first-order chi connectivity index (χ1) is 9.20. The summed E-state index contributed by atoms with van der Waals surface area (Å²) >= 11 is 0. The van der Waals surface area contributed by atoms with E-state index in [0.29, 0.717) is 25.9 Å². The van der Waals surface area contributed by atoms with E-state index in [-0.39, 0.29) is 17.5 Å². The third kappa shape index (κ3) is 4.71. The highest BCUT2D eigenvalue weighted by Gasteiger charge is 2.33. The predicted molar refractivity (Wildman–Crippen MR) is 78.6 cm³/mol. The molecule has 2 N–H and O–H groups in total. The molecule has 6 nitrogen and oxygen atoms in total. The second kappa shape index (κ2) is 6.87. The number of nitrogens with one attached hydrogen (secondary N) is 1. The van der Waals surface area contributed by atoms with E-state index in [1.54, 1.807) is 6.92 Å². The van der Waals surface area contributed by atoms with Crippen molar-refractivity contribution in [2.75, 3.05) is 31.6 Å². The van der Waals surface area contributed by atoms with Crippen LogP contribution in [0.5, 0.6) is 0 Å². The quantitative estimate of drug-likeness (QED) is 0.672. The number of hydrogen-bond donors (Lipinski definition) is 2. The third-order valence-electron chi connectivity index (χ3n) is 4.06. The average molecular weight is 306 g/mol. The zero-order valence-electron chi connectivity index (χ0n) is 12.6. The molecule has 0 aliphatic carbocycles. The van der Waals surface area contributed by atoms with Crippen molar-refractivity contribution >= 4 is 15.8 Å². The Hall–Kier alpha value is -0.660. The molecular weight excluding hydrogens is 280 g/mol. The van der Waals surface area contributed by atoms with E-state index >= 15 is 0 Å². The summed E-state index contributed by atoms with van der Waals surface area (Å²) in [5, 5.41) is 12.3. The summed E-state index contributed by atoms with van der Waals surface area (Å²) in [4.78, 5) is 13.3. The van der Waals surface area contributed by atoms with Crippen LogP contribution < -0.4 is 5.32 Å². The summed E-state index contributed by atoms with van der Waals surface area (Å²) in [5.74, 6) is -0.343. The van der Waals surface area contributed by atoms with Crippen LogP contribution in [-0.4, -0.2) is 67.6 Å². The molecule has 1 fully saturated rings. The number of nitrogens with zero attached hydrogens (tertiary/aromatic N) is 1. The normalized spacial score (nSPS) is 24.7. The molecule has 2 unspecified atom stereocenters. The lowest BCUT2D eigenvalue weighted by Crippen LogP contribution is -2.49. The lowest BCUT2D eigenvalue weighted by atomic mass is 9.95. The van der Waals surface area contributed by atoms with Crippen LogP contribution in [0, 0.1) is 0 Å². The van der Waals surface area contributed by atoms with Crippen LogP contribution in [0.15, 0.2) is 0 Å². The molecule has 0 bridgehead atoms. The topological polar surface area (TPSA) is 86.7 Å². The monoisotopic (exact) mass is 306 g/mol. The molecule has 1 aliphatic heterocycles. The van der Waals surface area contributed by atoms with Gasteiger partial charge in [-0.1, -0.05) is 6.92 Å². The van der Waals surface area contributed by atoms with Crippen LogP contribution in [0.3, 0.4) is 0 Å². The minimum Gasteiger partial charge on any atom is -0.480 e. The molecule has 0 radical (unpaired) electrons. The van der Waals surface area contributed by atoms with Gasteiger partial charge in [-0.25, -0.2) is 8.42 Å². The SMILES string of the molecule is CCNC(C)(CCCN(C)C1CCS(=O)(=O)C1)C(=O)O. The fraction of sp³-hybridized carbons (Fsp3) is 0.923. The Labute approximate surface area is 121 Å². The van der Waals surface area contributed by atoms with Gasteiger partial charge in [0.25, 0.3) is 0 Å². The molecule has 0 aromatic rings. The summed E-state index contributed by atoms with van der Waals surface area (Å²) in [6.45, 7) is 4.91. The number of aliphatic carboxylic acids is 1. The van der Waals surface area contributed by atoms with E-state index in [0.717, 1.165) is 6.42 Å². The highest BCUT2D eigenvalue weighted by molar-refractivity contribution is 7.91. The number of hydrogen-bond acceptors (Lipinski definition) is 5. The highest BCUT2D eigenvalue weighted by Crippen LogP contribution is 2.18. The molecule has 20 heavy (non-hydrogen) atoms.